The van der Waals surface area contributed by atoms with E-state index in [0.29, 0.717) is 27.0 Å². The van der Waals surface area contributed by atoms with Crippen molar-refractivity contribution in [3.05, 3.63) is 46.2 Å². The van der Waals surface area contributed by atoms with Crippen molar-refractivity contribution in [2.45, 2.75) is 18.8 Å². The van der Waals surface area contributed by atoms with Gasteiger partial charge in [-0.3, -0.25) is 10.1 Å². The van der Waals surface area contributed by atoms with Gasteiger partial charge in [-0.05, 0) is 58.5 Å². The van der Waals surface area contributed by atoms with Crippen molar-refractivity contribution < 1.29 is 14.3 Å². The summed E-state index contributed by atoms with van der Waals surface area (Å²) in [5.41, 5.74) is 2.56. The number of halogens is 1. The number of pyridine rings is 1. The monoisotopic (exact) mass is 447 g/mol. The van der Waals surface area contributed by atoms with Crippen molar-refractivity contribution in [2.24, 2.45) is 0 Å². The summed E-state index contributed by atoms with van der Waals surface area (Å²) in [4.78, 5) is 21.2. The Hall–Kier alpha value is -2.03. The molecule has 140 valence electrons. The minimum atomic E-state index is -0.219. The number of carbonyl (C=O) groups excluding carboxylic acids is 1. The maximum absolute atomic E-state index is 12.5. The molecule has 1 saturated heterocycles. The Morgan fingerprint density at radius 1 is 1.33 bits per heavy atom. The number of ether oxygens (including phenoxy) is 2. The summed E-state index contributed by atoms with van der Waals surface area (Å²) < 4.78 is 12.6. The zero-order valence-electron chi connectivity index (χ0n) is 14.7. The van der Waals surface area contributed by atoms with E-state index in [4.69, 9.17) is 9.47 Å². The van der Waals surface area contributed by atoms with Crippen molar-refractivity contribution in [3.8, 4) is 5.75 Å². The molecular formula is C19H18BrN3O3S. The topological polar surface area (TPSA) is 73.3 Å². The SMILES string of the molecule is COc1ccc(C2CCOCC2)c2sc(NC(=O)c3ccnc(Br)c3)nc12. The molecule has 0 bridgehead atoms. The van der Waals surface area contributed by atoms with Crippen molar-refractivity contribution in [2.75, 3.05) is 25.6 Å². The first-order valence-corrected chi connectivity index (χ1v) is 10.2. The van der Waals surface area contributed by atoms with E-state index >= 15 is 0 Å². The number of nitrogens with one attached hydrogen (secondary N) is 1. The number of aromatic nitrogens is 2. The van der Waals surface area contributed by atoms with E-state index < -0.39 is 0 Å². The van der Waals surface area contributed by atoms with Gasteiger partial charge in [0.1, 0.15) is 15.9 Å². The Morgan fingerprint density at radius 3 is 2.89 bits per heavy atom. The number of carbonyl (C=O) groups is 1. The van der Waals surface area contributed by atoms with E-state index in [0.717, 1.165) is 36.3 Å². The van der Waals surface area contributed by atoms with Gasteiger partial charge in [-0.25, -0.2) is 9.97 Å². The minimum Gasteiger partial charge on any atom is -0.494 e. The summed E-state index contributed by atoms with van der Waals surface area (Å²) >= 11 is 4.77. The van der Waals surface area contributed by atoms with Crippen LogP contribution in [0.2, 0.25) is 0 Å². The highest BCUT2D eigenvalue weighted by atomic mass is 79.9. The van der Waals surface area contributed by atoms with E-state index in [2.05, 4.69) is 37.3 Å². The van der Waals surface area contributed by atoms with Crippen molar-refractivity contribution >= 4 is 48.5 Å². The number of hydrogen-bond donors (Lipinski definition) is 1. The molecule has 0 aliphatic carbocycles. The van der Waals surface area contributed by atoms with Gasteiger partial charge in [-0.15, -0.1) is 0 Å². The fraction of sp³-hybridized carbons (Fsp3) is 0.316. The third-order valence-electron chi connectivity index (χ3n) is 4.63. The molecule has 8 heteroatoms. The molecule has 0 unspecified atom stereocenters. The largest absolute Gasteiger partial charge is 0.494 e. The van der Waals surface area contributed by atoms with Gasteiger partial charge in [0.05, 0.1) is 11.8 Å². The van der Waals surface area contributed by atoms with Crippen LogP contribution in [-0.2, 0) is 4.74 Å². The summed E-state index contributed by atoms with van der Waals surface area (Å²) in [6, 6.07) is 7.41. The Labute approximate surface area is 169 Å². The lowest BCUT2D eigenvalue weighted by molar-refractivity contribution is 0.0856. The second kappa shape index (κ2) is 7.92. The highest BCUT2D eigenvalue weighted by Gasteiger charge is 2.22. The first-order valence-electron chi connectivity index (χ1n) is 8.64. The molecule has 2 aromatic heterocycles. The molecule has 27 heavy (non-hydrogen) atoms. The fourth-order valence-corrected chi connectivity index (χ4v) is 4.70. The number of fused-ring (bicyclic) bond motifs is 1. The average molecular weight is 448 g/mol. The quantitative estimate of drug-likeness (QED) is 0.591. The molecule has 3 heterocycles. The molecule has 1 aliphatic rings. The number of methoxy groups -OCH3 is 1. The Balaban J connectivity index is 1.68. The van der Waals surface area contributed by atoms with Crippen LogP contribution in [0, 0.1) is 0 Å². The smallest absolute Gasteiger partial charge is 0.257 e. The molecule has 1 N–H and O–H groups in total. The normalized spacial score (nSPS) is 15.0. The van der Waals surface area contributed by atoms with Crippen LogP contribution < -0.4 is 10.1 Å². The lowest BCUT2D eigenvalue weighted by Crippen LogP contribution is -2.14. The zero-order valence-corrected chi connectivity index (χ0v) is 17.1. The molecular weight excluding hydrogens is 430 g/mol. The van der Waals surface area contributed by atoms with Gasteiger partial charge in [-0.1, -0.05) is 17.4 Å². The molecule has 0 saturated carbocycles. The Bertz CT molecular complexity index is 985. The van der Waals surface area contributed by atoms with Crippen molar-refractivity contribution in [1.29, 1.82) is 0 Å². The molecule has 1 amide bonds. The fourth-order valence-electron chi connectivity index (χ4n) is 3.26. The Morgan fingerprint density at radius 2 is 2.15 bits per heavy atom. The second-order valence-electron chi connectivity index (χ2n) is 6.26. The van der Waals surface area contributed by atoms with E-state index in [1.807, 2.05) is 6.07 Å². The van der Waals surface area contributed by atoms with Crippen LogP contribution in [0.1, 0.15) is 34.7 Å². The highest BCUT2D eigenvalue weighted by Crippen LogP contribution is 2.40. The molecule has 0 radical (unpaired) electrons. The minimum absolute atomic E-state index is 0.219. The standard InChI is InChI=1S/C19H18BrN3O3S/c1-25-14-3-2-13(11-5-8-26-9-6-11)17-16(14)22-19(27-17)23-18(24)12-4-7-21-15(20)10-12/h2-4,7,10-11H,5-6,8-9H2,1H3,(H,22,23,24). The lowest BCUT2D eigenvalue weighted by atomic mass is 9.91. The van der Waals surface area contributed by atoms with Crippen molar-refractivity contribution in [1.82, 2.24) is 9.97 Å². The molecule has 1 aliphatic heterocycles. The second-order valence-corrected chi connectivity index (χ2v) is 8.07. The highest BCUT2D eigenvalue weighted by molar-refractivity contribution is 9.10. The van der Waals surface area contributed by atoms with E-state index in [-0.39, 0.29) is 5.91 Å². The third-order valence-corrected chi connectivity index (χ3v) is 6.08. The van der Waals surface area contributed by atoms with Crippen LogP contribution >= 0.6 is 27.3 Å². The lowest BCUT2D eigenvalue weighted by Gasteiger charge is -2.23. The molecule has 0 atom stereocenters. The summed E-state index contributed by atoms with van der Waals surface area (Å²) in [6.07, 6.45) is 3.57. The number of anilines is 1. The maximum atomic E-state index is 12.5. The molecule has 0 spiro atoms. The van der Waals surface area contributed by atoms with Gasteiger partial charge in [-0.2, -0.15) is 0 Å². The van der Waals surface area contributed by atoms with E-state index in [9.17, 15) is 4.79 Å². The number of amides is 1. The Kier molecular flexibility index (Phi) is 5.38. The first kappa shape index (κ1) is 18.3. The van der Waals surface area contributed by atoms with Gasteiger partial charge in [0.25, 0.3) is 5.91 Å². The molecule has 6 nitrogen and oxygen atoms in total. The molecule has 1 fully saturated rings. The predicted octanol–water partition coefficient (Wildman–Crippen LogP) is 4.61. The van der Waals surface area contributed by atoms with Crippen LogP contribution in [0.3, 0.4) is 0 Å². The van der Waals surface area contributed by atoms with E-state index in [1.165, 1.54) is 16.9 Å². The van der Waals surface area contributed by atoms with Crippen molar-refractivity contribution in [3.63, 3.8) is 0 Å². The van der Waals surface area contributed by atoms with Gasteiger partial charge in [0.2, 0.25) is 0 Å². The maximum Gasteiger partial charge on any atom is 0.257 e. The number of hydrogen-bond acceptors (Lipinski definition) is 6. The number of benzene rings is 1. The van der Waals surface area contributed by atoms with Crippen LogP contribution in [0.25, 0.3) is 10.2 Å². The van der Waals surface area contributed by atoms with Crippen LogP contribution in [0.5, 0.6) is 5.75 Å². The van der Waals surface area contributed by atoms with Gasteiger partial charge < -0.3 is 9.47 Å². The van der Waals surface area contributed by atoms with Gasteiger partial charge in [0, 0.05) is 25.0 Å². The van der Waals surface area contributed by atoms with Crippen LogP contribution in [-0.4, -0.2) is 36.2 Å². The number of rotatable bonds is 4. The van der Waals surface area contributed by atoms with Crippen LogP contribution in [0.4, 0.5) is 5.13 Å². The predicted molar refractivity (Wildman–Crippen MR) is 109 cm³/mol. The van der Waals surface area contributed by atoms with E-state index in [1.54, 1.807) is 25.4 Å². The average Bonchev–Trinajstić information content (AvgIpc) is 3.11. The summed E-state index contributed by atoms with van der Waals surface area (Å²) in [6.45, 7) is 1.55. The van der Waals surface area contributed by atoms with Gasteiger partial charge in [0.15, 0.2) is 5.13 Å². The molecule has 4 rings (SSSR count). The molecule has 1 aromatic carbocycles. The molecule has 3 aromatic rings. The zero-order chi connectivity index (χ0) is 18.8. The summed E-state index contributed by atoms with van der Waals surface area (Å²) in [5.74, 6) is 0.931. The number of thiazole rings is 1. The number of nitrogens with zero attached hydrogens (tertiary/aromatic N) is 2. The summed E-state index contributed by atoms with van der Waals surface area (Å²) in [5, 5.41) is 3.45. The first-order chi connectivity index (χ1) is 13.2. The third kappa shape index (κ3) is 3.83. The van der Waals surface area contributed by atoms with Crippen LogP contribution in [0.15, 0.2) is 35.1 Å². The van der Waals surface area contributed by atoms with Gasteiger partial charge >= 0.3 is 0 Å². The summed E-state index contributed by atoms with van der Waals surface area (Å²) in [7, 11) is 1.63.